The van der Waals surface area contributed by atoms with E-state index in [1.165, 1.54) is 7.11 Å². The van der Waals surface area contributed by atoms with Gasteiger partial charge in [0.2, 0.25) is 0 Å². The van der Waals surface area contributed by atoms with Gasteiger partial charge in [0, 0.05) is 6.54 Å². The Bertz CT molecular complexity index is 778. The first-order chi connectivity index (χ1) is 12.5. The summed E-state index contributed by atoms with van der Waals surface area (Å²) in [4.78, 5) is 23.4. The van der Waals surface area contributed by atoms with Gasteiger partial charge < -0.3 is 19.5 Å². The molecule has 0 aromatic heterocycles. The maximum Gasteiger partial charge on any atom is 0.337 e. The second-order valence-corrected chi connectivity index (χ2v) is 6.19. The number of ether oxygens (including phenoxy) is 3. The molecular weight excluding hydrogens is 402 g/mol. The van der Waals surface area contributed by atoms with Crippen molar-refractivity contribution in [1.29, 1.82) is 0 Å². The summed E-state index contributed by atoms with van der Waals surface area (Å²) in [5, 5.41) is 2.80. The van der Waals surface area contributed by atoms with Crippen LogP contribution < -0.4 is 14.8 Å². The van der Waals surface area contributed by atoms with Crippen LogP contribution in [0.15, 0.2) is 46.9 Å². The summed E-state index contributed by atoms with van der Waals surface area (Å²) in [6.45, 7) is 0.354. The van der Waals surface area contributed by atoms with Crippen LogP contribution in [0.1, 0.15) is 15.9 Å². The molecular formula is C19H20BrNO5. The molecule has 2 aromatic rings. The average Bonchev–Trinajstić information content (AvgIpc) is 2.66. The molecule has 7 heteroatoms. The number of amides is 1. The van der Waals surface area contributed by atoms with Crippen LogP contribution in [0.3, 0.4) is 0 Å². The zero-order chi connectivity index (χ0) is 18.9. The van der Waals surface area contributed by atoms with Gasteiger partial charge in [0.25, 0.3) is 5.91 Å². The SMILES string of the molecule is COC(=O)c1ccc(OCC(=O)NCCc2ccccc2OC)c(Br)c1. The van der Waals surface area contributed by atoms with E-state index in [0.717, 1.165) is 11.3 Å². The highest BCUT2D eigenvalue weighted by Crippen LogP contribution is 2.26. The predicted molar refractivity (Wildman–Crippen MR) is 101 cm³/mol. The van der Waals surface area contributed by atoms with Crippen molar-refractivity contribution < 1.29 is 23.8 Å². The first kappa shape index (κ1) is 19.8. The highest BCUT2D eigenvalue weighted by molar-refractivity contribution is 9.10. The molecule has 0 atom stereocenters. The molecule has 0 aliphatic heterocycles. The molecule has 0 radical (unpaired) electrons. The highest BCUT2D eigenvalue weighted by Gasteiger charge is 2.11. The third-order valence-electron chi connectivity index (χ3n) is 3.62. The van der Waals surface area contributed by atoms with Gasteiger partial charge in [0.05, 0.1) is 24.3 Å². The minimum atomic E-state index is -0.439. The number of benzene rings is 2. The number of methoxy groups -OCH3 is 2. The Morgan fingerprint density at radius 1 is 1.08 bits per heavy atom. The Morgan fingerprint density at radius 2 is 1.85 bits per heavy atom. The van der Waals surface area contributed by atoms with E-state index in [-0.39, 0.29) is 12.5 Å². The van der Waals surface area contributed by atoms with Gasteiger partial charge in [0.1, 0.15) is 11.5 Å². The molecule has 0 fully saturated rings. The van der Waals surface area contributed by atoms with E-state index in [4.69, 9.17) is 9.47 Å². The summed E-state index contributed by atoms with van der Waals surface area (Å²) in [5.74, 6) is 0.598. The smallest absolute Gasteiger partial charge is 0.337 e. The lowest BCUT2D eigenvalue weighted by molar-refractivity contribution is -0.123. The van der Waals surface area contributed by atoms with E-state index >= 15 is 0 Å². The second-order valence-electron chi connectivity index (χ2n) is 5.34. The van der Waals surface area contributed by atoms with Crippen molar-refractivity contribution >= 4 is 27.8 Å². The summed E-state index contributed by atoms with van der Waals surface area (Å²) >= 11 is 3.32. The molecule has 0 saturated carbocycles. The molecule has 1 amide bonds. The standard InChI is InChI=1S/C19H20BrNO5/c1-24-16-6-4-3-5-13(16)9-10-21-18(22)12-26-17-8-7-14(11-15(17)20)19(23)25-2/h3-8,11H,9-10,12H2,1-2H3,(H,21,22). The fourth-order valence-electron chi connectivity index (χ4n) is 2.30. The molecule has 26 heavy (non-hydrogen) atoms. The van der Waals surface area contributed by atoms with Crippen LogP contribution in [0, 0.1) is 0 Å². The lowest BCUT2D eigenvalue weighted by Gasteiger charge is -2.11. The molecule has 0 bridgehead atoms. The lowest BCUT2D eigenvalue weighted by Crippen LogP contribution is -2.30. The van der Waals surface area contributed by atoms with E-state index < -0.39 is 5.97 Å². The topological polar surface area (TPSA) is 73.9 Å². The monoisotopic (exact) mass is 421 g/mol. The Balaban J connectivity index is 1.81. The zero-order valence-corrected chi connectivity index (χ0v) is 16.2. The Morgan fingerprint density at radius 3 is 2.54 bits per heavy atom. The number of carbonyl (C=O) groups excluding carboxylic acids is 2. The first-order valence-electron chi connectivity index (χ1n) is 7.94. The number of hydrogen-bond acceptors (Lipinski definition) is 5. The molecule has 1 N–H and O–H groups in total. The number of nitrogens with one attached hydrogen (secondary N) is 1. The van der Waals surface area contributed by atoms with Gasteiger partial charge in [-0.05, 0) is 52.2 Å². The van der Waals surface area contributed by atoms with Gasteiger partial charge in [-0.3, -0.25) is 4.79 Å². The van der Waals surface area contributed by atoms with E-state index in [0.29, 0.717) is 28.8 Å². The number of carbonyl (C=O) groups is 2. The lowest BCUT2D eigenvalue weighted by atomic mass is 10.1. The van der Waals surface area contributed by atoms with Crippen molar-refractivity contribution in [3.63, 3.8) is 0 Å². The van der Waals surface area contributed by atoms with Crippen LogP contribution >= 0.6 is 15.9 Å². The number of rotatable bonds is 8. The van der Waals surface area contributed by atoms with Gasteiger partial charge in [-0.1, -0.05) is 18.2 Å². The van der Waals surface area contributed by atoms with Gasteiger partial charge in [0.15, 0.2) is 6.61 Å². The predicted octanol–water partition coefficient (Wildman–Crippen LogP) is 2.98. The van der Waals surface area contributed by atoms with E-state index in [2.05, 4.69) is 26.0 Å². The normalized spacial score (nSPS) is 10.1. The third kappa shape index (κ3) is 5.49. The van der Waals surface area contributed by atoms with Gasteiger partial charge >= 0.3 is 5.97 Å². The maximum absolute atomic E-state index is 11.9. The number of esters is 1. The van der Waals surface area contributed by atoms with Crippen LogP contribution in [0.25, 0.3) is 0 Å². The number of para-hydroxylation sites is 1. The fraction of sp³-hybridized carbons (Fsp3) is 0.263. The first-order valence-corrected chi connectivity index (χ1v) is 8.73. The van der Waals surface area contributed by atoms with Crippen molar-refractivity contribution in [2.75, 3.05) is 27.4 Å². The minimum Gasteiger partial charge on any atom is -0.496 e. The Kier molecular flexibility index (Phi) is 7.47. The van der Waals surface area contributed by atoms with Crippen LogP contribution in [-0.4, -0.2) is 39.2 Å². The second kappa shape index (κ2) is 9.82. The molecule has 0 aliphatic rings. The molecule has 0 unspecified atom stereocenters. The molecule has 2 rings (SSSR count). The summed E-state index contributed by atoms with van der Waals surface area (Å²) in [5.41, 5.74) is 1.42. The van der Waals surface area contributed by atoms with Crippen LogP contribution in [0.2, 0.25) is 0 Å². The molecule has 0 saturated heterocycles. The van der Waals surface area contributed by atoms with Crippen molar-refractivity contribution in [2.24, 2.45) is 0 Å². The van der Waals surface area contributed by atoms with Crippen molar-refractivity contribution in [1.82, 2.24) is 5.32 Å². The largest absolute Gasteiger partial charge is 0.496 e. The maximum atomic E-state index is 11.9. The summed E-state index contributed by atoms with van der Waals surface area (Å²) < 4.78 is 16.0. The number of hydrogen-bond donors (Lipinski definition) is 1. The van der Waals surface area contributed by atoms with Crippen LogP contribution in [0.4, 0.5) is 0 Å². The number of halogens is 1. The Hall–Kier alpha value is -2.54. The summed E-state index contributed by atoms with van der Waals surface area (Å²) in [6, 6.07) is 12.4. The molecule has 0 aliphatic carbocycles. The molecule has 138 valence electrons. The van der Waals surface area contributed by atoms with Crippen molar-refractivity contribution in [2.45, 2.75) is 6.42 Å². The van der Waals surface area contributed by atoms with Crippen molar-refractivity contribution in [3.05, 3.63) is 58.1 Å². The third-order valence-corrected chi connectivity index (χ3v) is 4.24. The van der Waals surface area contributed by atoms with Gasteiger partial charge in [-0.15, -0.1) is 0 Å². The quantitative estimate of drug-likeness (QED) is 0.663. The van der Waals surface area contributed by atoms with Gasteiger partial charge in [-0.25, -0.2) is 4.79 Å². The molecule has 2 aromatic carbocycles. The fourth-order valence-corrected chi connectivity index (χ4v) is 2.80. The average molecular weight is 422 g/mol. The molecule has 0 spiro atoms. The summed E-state index contributed by atoms with van der Waals surface area (Å²) in [6.07, 6.45) is 0.660. The van der Waals surface area contributed by atoms with Crippen LogP contribution in [-0.2, 0) is 16.0 Å². The minimum absolute atomic E-state index is 0.123. The van der Waals surface area contributed by atoms with Gasteiger partial charge in [-0.2, -0.15) is 0 Å². The van der Waals surface area contributed by atoms with E-state index in [1.807, 2.05) is 24.3 Å². The van der Waals surface area contributed by atoms with Crippen molar-refractivity contribution in [3.8, 4) is 11.5 Å². The van der Waals surface area contributed by atoms with E-state index in [9.17, 15) is 9.59 Å². The molecule has 0 heterocycles. The summed E-state index contributed by atoms with van der Waals surface area (Å²) in [7, 11) is 2.94. The zero-order valence-electron chi connectivity index (χ0n) is 14.6. The Labute approximate surface area is 160 Å². The molecule has 6 nitrogen and oxygen atoms in total. The highest BCUT2D eigenvalue weighted by atomic mass is 79.9. The van der Waals surface area contributed by atoms with Crippen LogP contribution in [0.5, 0.6) is 11.5 Å². The van der Waals surface area contributed by atoms with E-state index in [1.54, 1.807) is 25.3 Å².